The number of ether oxygens (including phenoxy) is 1. The number of benzene rings is 2. The Balaban J connectivity index is 1.53. The lowest BCUT2D eigenvalue weighted by Crippen LogP contribution is -2.22. The normalized spacial score (nSPS) is 11.3. The molecule has 1 N–H and O–H groups in total. The second kappa shape index (κ2) is 11.4. The molecule has 1 aromatic heterocycles. The Hall–Kier alpha value is -2.79. The monoisotopic (exact) mass is 425 g/mol. The van der Waals surface area contributed by atoms with Crippen molar-refractivity contribution in [3.63, 3.8) is 0 Å². The number of carbonyl (C=O) groups is 1. The number of para-hydroxylation sites is 2. The SMILES string of the molecule is C/C=C/C(=O)NCCCCCc1nc2ccccc2n1CCOc1ccc(Cl)cc1. The molecule has 0 fully saturated rings. The average Bonchev–Trinajstić information content (AvgIpc) is 3.10. The number of halogens is 1. The summed E-state index contributed by atoms with van der Waals surface area (Å²) in [6.07, 6.45) is 7.23. The molecule has 3 aromatic rings. The molecule has 0 saturated heterocycles. The van der Waals surface area contributed by atoms with E-state index in [0.29, 0.717) is 18.2 Å². The zero-order valence-corrected chi connectivity index (χ0v) is 18.1. The van der Waals surface area contributed by atoms with E-state index < -0.39 is 0 Å². The van der Waals surface area contributed by atoms with E-state index in [4.69, 9.17) is 21.3 Å². The highest BCUT2D eigenvalue weighted by Crippen LogP contribution is 2.19. The molecule has 6 heteroatoms. The Labute approximate surface area is 182 Å². The lowest BCUT2D eigenvalue weighted by Gasteiger charge is -2.11. The number of unbranched alkanes of at least 4 members (excludes halogenated alkanes) is 2. The first-order chi connectivity index (χ1) is 14.7. The molecule has 0 atom stereocenters. The molecule has 0 radical (unpaired) electrons. The average molecular weight is 426 g/mol. The van der Waals surface area contributed by atoms with Gasteiger partial charge in [0, 0.05) is 18.0 Å². The Morgan fingerprint density at radius 3 is 2.73 bits per heavy atom. The Kier molecular flexibility index (Phi) is 8.33. The summed E-state index contributed by atoms with van der Waals surface area (Å²) in [5, 5.41) is 3.59. The van der Waals surface area contributed by atoms with Crippen LogP contribution in [0.2, 0.25) is 5.02 Å². The van der Waals surface area contributed by atoms with E-state index in [2.05, 4.69) is 16.0 Å². The van der Waals surface area contributed by atoms with Crippen LogP contribution < -0.4 is 10.1 Å². The molecule has 0 aliphatic rings. The van der Waals surface area contributed by atoms with Gasteiger partial charge in [-0.15, -0.1) is 0 Å². The molecule has 3 rings (SSSR count). The number of imidazole rings is 1. The van der Waals surface area contributed by atoms with E-state index in [1.54, 1.807) is 12.2 Å². The third kappa shape index (κ3) is 6.36. The van der Waals surface area contributed by atoms with Gasteiger partial charge in [0.15, 0.2) is 0 Å². The van der Waals surface area contributed by atoms with E-state index in [0.717, 1.165) is 54.8 Å². The molecule has 158 valence electrons. The zero-order valence-electron chi connectivity index (χ0n) is 17.3. The minimum atomic E-state index is -0.0278. The van der Waals surface area contributed by atoms with Gasteiger partial charge in [-0.25, -0.2) is 4.98 Å². The van der Waals surface area contributed by atoms with Crippen LogP contribution in [-0.4, -0.2) is 28.6 Å². The van der Waals surface area contributed by atoms with Gasteiger partial charge in [0.1, 0.15) is 18.2 Å². The summed E-state index contributed by atoms with van der Waals surface area (Å²) < 4.78 is 8.13. The molecule has 0 spiro atoms. The Morgan fingerprint density at radius 1 is 1.13 bits per heavy atom. The van der Waals surface area contributed by atoms with Crippen molar-refractivity contribution in [1.29, 1.82) is 0 Å². The van der Waals surface area contributed by atoms with Gasteiger partial charge in [-0.1, -0.05) is 36.2 Å². The van der Waals surface area contributed by atoms with Crippen molar-refractivity contribution in [2.45, 2.75) is 39.2 Å². The van der Waals surface area contributed by atoms with Crippen molar-refractivity contribution >= 4 is 28.5 Å². The Morgan fingerprint density at radius 2 is 1.93 bits per heavy atom. The second-order valence-electron chi connectivity index (χ2n) is 7.07. The van der Waals surface area contributed by atoms with Crippen LogP contribution in [0.15, 0.2) is 60.7 Å². The van der Waals surface area contributed by atoms with Crippen LogP contribution in [0.25, 0.3) is 11.0 Å². The molecule has 30 heavy (non-hydrogen) atoms. The fourth-order valence-electron chi connectivity index (χ4n) is 3.36. The second-order valence-corrected chi connectivity index (χ2v) is 7.51. The summed E-state index contributed by atoms with van der Waals surface area (Å²) in [5.74, 6) is 1.86. The van der Waals surface area contributed by atoms with Crippen molar-refractivity contribution in [2.24, 2.45) is 0 Å². The van der Waals surface area contributed by atoms with Gasteiger partial charge in [-0.05, 0) is 62.2 Å². The highest BCUT2D eigenvalue weighted by atomic mass is 35.5. The van der Waals surface area contributed by atoms with Crippen LogP contribution >= 0.6 is 11.6 Å². The Bertz CT molecular complexity index is 980. The van der Waals surface area contributed by atoms with Crippen LogP contribution in [0.4, 0.5) is 0 Å². The fourth-order valence-corrected chi connectivity index (χ4v) is 3.48. The first kappa shape index (κ1) is 21.9. The van der Waals surface area contributed by atoms with Crippen LogP contribution in [0, 0.1) is 0 Å². The molecule has 1 heterocycles. The van der Waals surface area contributed by atoms with Gasteiger partial charge in [0.2, 0.25) is 5.91 Å². The number of nitrogens with one attached hydrogen (secondary N) is 1. The highest BCUT2D eigenvalue weighted by molar-refractivity contribution is 6.30. The summed E-state index contributed by atoms with van der Waals surface area (Å²) in [4.78, 5) is 16.3. The number of amides is 1. The molecular weight excluding hydrogens is 398 g/mol. The largest absolute Gasteiger partial charge is 0.492 e. The van der Waals surface area contributed by atoms with Crippen LogP contribution in [-0.2, 0) is 17.8 Å². The third-order valence-corrected chi connectivity index (χ3v) is 5.08. The predicted molar refractivity (Wildman–Crippen MR) is 122 cm³/mol. The highest BCUT2D eigenvalue weighted by Gasteiger charge is 2.10. The van der Waals surface area contributed by atoms with Crippen LogP contribution in [0.5, 0.6) is 5.75 Å². The summed E-state index contributed by atoms with van der Waals surface area (Å²) in [6.45, 7) is 3.84. The number of fused-ring (bicyclic) bond motifs is 1. The maximum atomic E-state index is 11.4. The van der Waals surface area contributed by atoms with E-state index >= 15 is 0 Å². The zero-order chi connectivity index (χ0) is 21.2. The summed E-state index contributed by atoms with van der Waals surface area (Å²) in [7, 11) is 0. The summed E-state index contributed by atoms with van der Waals surface area (Å²) in [6, 6.07) is 15.6. The van der Waals surface area contributed by atoms with Gasteiger partial charge in [-0.3, -0.25) is 4.79 Å². The molecular formula is C24H28ClN3O2. The number of aromatic nitrogens is 2. The quantitative estimate of drug-likeness (QED) is 0.340. The van der Waals surface area contributed by atoms with Crippen molar-refractivity contribution in [3.8, 4) is 5.75 Å². The maximum Gasteiger partial charge on any atom is 0.243 e. The topological polar surface area (TPSA) is 56.2 Å². The van der Waals surface area contributed by atoms with Gasteiger partial charge >= 0.3 is 0 Å². The van der Waals surface area contributed by atoms with Gasteiger partial charge < -0.3 is 14.6 Å². The van der Waals surface area contributed by atoms with E-state index in [-0.39, 0.29) is 5.91 Å². The van der Waals surface area contributed by atoms with E-state index in [9.17, 15) is 4.79 Å². The number of hydrogen-bond acceptors (Lipinski definition) is 3. The molecule has 2 aromatic carbocycles. The van der Waals surface area contributed by atoms with Crippen molar-refractivity contribution in [3.05, 3.63) is 71.5 Å². The van der Waals surface area contributed by atoms with Gasteiger partial charge in [0.05, 0.1) is 17.6 Å². The fraction of sp³-hybridized carbons (Fsp3) is 0.333. The van der Waals surface area contributed by atoms with Crippen molar-refractivity contribution in [1.82, 2.24) is 14.9 Å². The van der Waals surface area contributed by atoms with Crippen LogP contribution in [0.1, 0.15) is 32.0 Å². The molecule has 1 amide bonds. The molecule has 0 aliphatic carbocycles. The number of hydrogen-bond donors (Lipinski definition) is 1. The first-order valence-electron chi connectivity index (χ1n) is 10.4. The molecule has 0 saturated carbocycles. The molecule has 0 bridgehead atoms. The minimum Gasteiger partial charge on any atom is -0.492 e. The smallest absolute Gasteiger partial charge is 0.243 e. The van der Waals surface area contributed by atoms with Crippen molar-refractivity contribution in [2.75, 3.05) is 13.2 Å². The molecule has 5 nitrogen and oxygen atoms in total. The number of rotatable bonds is 11. The maximum absolute atomic E-state index is 11.4. The lowest BCUT2D eigenvalue weighted by molar-refractivity contribution is -0.116. The van der Waals surface area contributed by atoms with E-state index in [1.807, 2.05) is 49.4 Å². The summed E-state index contributed by atoms with van der Waals surface area (Å²) >= 11 is 5.93. The summed E-state index contributed by atoms with van der Waals surface area (Å²) in [5.41, 5.74) is 2.14. The molecule has 0 unspecified atom stereocenters. The number of carbonyl (C=O) groups excluding carboxylic acids is 1. The first-order valence-corrected chi connectivity index (χ1v) is 10.8. The van der Waals surface area contributed by atoms with Gasteiger partial charge in [-0.2, -0.15) is 0 Å². The molecule has 0 aliphatic heterocycles. The third-order valence-electron chi connectivity index (χ3n) is 4.83. The van der Waals surface area contributed by atoms with Crippen LogP contribution in [0.3, 0.4) is 0 Å². The number of nitrogens with zero attached hydrogens (tertiary/aromatic N) is 2. The predicted octanol–water partition coefficient (Wildman–Crippen LogP) is 5.17. The van der Waals surface area contributed by atoms with Crippen molar-refractivity contribution < 1.29 is 9.53 Å². The minimum absolute atomic E-state index is 0.0278. The van der Waals surface area contributed by atoms with Gasteiger partial charge in [0.25, 0.3) is 0 Å². The standard InChI is InChI=1S/C24H28ClN3O2/c1-2-8-24(29)26-16-7-3-4-11-23-27-21-9-5-6-10-22(21)28(23)17-18-30-20-14-12-19(25)13-15-20/h2,5-6,8-10,12-15H,3-4,7,11,16-18H2,1H3,(H,26,29)/b8-2+. The lowest BCUT2D eigenvalue weighted by atomic mass is 10.2. The number of aryl methyl sites for hydroxylation is 1. The van der Waals surface area contributed by atoms with E-state index in [1.165, 1.54) is 0 Å². The number of allylic oxidation sites excluding steroid dienone is 1.